The van der Waals surface area contributed by atoms with Crippen molar-refractivity contribution < 1.29 is 9.90 Å². The lowest BCUT2D eigenvalue weighted by Crippen LogP contribution is -2.35. The molecule has 0 saturated carbocycles. The molecule has 2 aromatic rings. The van der Waals surface area contributed by atoms with Crippen LogP contribution in [0, 0.1) is 0 Å². The van der Waals surface area contributed by atoms with Gasteiger partial charge in [-0.1, -0.05) is 30.3 Å². The van der Waals surface area contributed by atoms with Crippen LogP contribution in [-0.4, -0.2) is 67.7 Å². The molecular formula is C17H26N6O2. The molecule has 25 heavy (non-hydrogen) atoms. The Hall–Kier alpha value is -2.32. The van der Waals surface area contributed by atoms with Gasteiger partial charge in [0.15, 0.2) is 5.82 Å². The second-order valence-electron chi connectivity index (χ2n) is 6.46. The van der Waals surface area contributed by atoms with E-state index in [9.17, 15) is 9.90 Å². The summed E-state index contributed by atoms with van der Waals surface area (Å²) in [7, 11) is 3.65. The number of aliphatic hydroxyl groups excluding tert-OH is 1. The fourth-order valence-corrected chi connectivity index (χ4v) is 2.26. The maximum atomic E-state index is 12.4. The van der Waals surface area contributed by atoms with Gasteiger partial charge in [0.1, 0.15) is 6.54 Å². The van der Waals surface area contributed by atoms with Gasteiger partial charge in [0.25, 0.3) is 0 Å². The molecule has 0 fully saturated rings. The Labute approximate surface area is 148 Å². The van der Waals surface area contributed by atoms with Gasteiger partial charge in [0.05, 0.1) is 19.2 Å². The maximum absolute atomic E-state index is 12.4. The van der Waals surface area contributed by atoms with Crippen LogP contribution in [0.25, 0.3) is 0 Å². The second kappa shape index (κ2) is 8.68. The molecule has 0 bridgehead atoms. The van der Waals surface area contributed by atoms with Crippen molar-refractivity contribution in [2.75, 3.05) is 20.6 Å². The summed E-state index contributed by atoms with van der Waals surface area (Å²) in [5.74, 6) is 0.484. The van der Waals surface area contributed by atoms with Crippen LogP contribution < -0.4 is 0 Å². The van der Waals surface area contributed by atoms with Gasteiger partial charge in [-0.25, -0.2) is 4.68 Å². The van der Waals surface area contributed by atoms with E-state index in [0.717, 1.165) is 5.56 Å². The third kappa shape index (κ3) is 5.33. The molecule has 1 aromatic heterocycles. The number of aromatic nitrogens is 4. The summed E-state index contributed by atoms with van der Waals surface area (Å²) in [6, 6.07) is 9.63. The number of likely N-dealkylation sites (N-methyl/N-ethyl adjacent to an activating group) is 1. The van der Waals surface area contributed by atoms with Crippen molar-refractivity contribution in [3.05, 3.63) is 41.7 Å². The van der Waals surface area contributed by atoms with Gasteiger partial charge < -0.3 is 10.0 Å². The fraction of sp³-hybridized carbons (Fsp3) is 0.529. The van der Waals surface area contributed by atoms with Gasteiger partial charge in [0.2, 0.25) is 5.91 Å². The number of hydrogen-bond donors (Lipinski definition) is 1. The van der Waals surface area contributed by atoms with Crippen LogP contribution in [-0.2, 0) is 17.9 Å². The van der Waals surface area contributed by atoms with Gasteiger partial charge in [-0.15, -0.1) is 5.10 Å². The summed E-state index contributed by atoms with van der Waals surface area (Å²) < 4.78 is 1.51. The van der Waals surface area contributed by atoms with E-state index < -0.39 is 6.10 Å². The monoisotopic (exact) mass is 346 g/mol. The van der Waals surface area contributed by atoms with Crippen molar-refractivity contribution in [3.63, 3.8) is 0 Å². The van der Waals surface area contributed by atoms with Crippen molar-refractivity contribution >= 4 is 5.91 Å². The minimum Gasteiger partial charge on any atom is -0.387 e. The minimum atomic E-state index is -0.726. The summed E-state index contributed by atoms with van der Waals surface area (Å²) in [5.41, 5.74) is 0.781. The molecule has 1 N–H and O–H groups in total. The van der Waals surface area contributed by atoms with Gasteiger partial charge in [0, 0.05) is 13.1 Å². The molecule has 0 unspecified atom stereocenters. The van der Waals surface area contributed by atoms with Crippen LogP contribution in [0.2, 0.25) is 0 Å². The van der Waals surface area contributed by atoms with Crippen LogP contribution in [0.15, 0.2) is 30.3 Å². The number of benzene rings is 1. The zero-order valence-electron chi connectivity index (χ0n) is 15.2. The summed E-state index contributed by atoms with van der Waals surface area (Å²) in [6.45, 7) is 4.99. The number of carbonyl (C=O) groups is 1. The van der Waals surface area contributed by atoms with Gasteiger partial charge in [-0.05, 0) is 36.9 Å². The van der Waals surface area contributed by atoms with E-state index >= 15 is 0 Å². The highest BCUT2D eigenvalue weighted by atomic mass is 16.3. The smallest absolute Gasteiger partial charge is 0.244 e. The first-order valence-corrected chi connectivity index (χ1v) is 8.30. The summed E-state index contributed by atoms with van der Waals surface area (Å²) in [5, 5.41) is 21.8. The van der Waals surface area contributed by atoms with Crippen LogP contribution in [0.5, 0.6) is 0 Å². The van der Waals surface area contributed by atoms with Crippen LogP contribution in [0.3, 0.4) is 0 Å². The molecule has 2 rings (SSSR count). The summed E-state index contributed by atoms with van der Waals surface area (Å²) >= 11 is 0. The molecule has 1 aromatic carbocycles. The van der Waals surface area contributed by atoms with Gasteiger partial charge >= 0.3 is 0 Å². The lowest BCUT2D eigenvalue weighted by molar-refractivity contribution is -0.132. The quantitative estimate of drug-likeness (QED) is 0.757. The average Bonchev–Trinajstić information content (AvgIpc) is 3.02. The maximum Gasteiger partial charge on any atom is 0.244 e. The number of tetrazole rings is 1. The van der Waals surface area contributed by atoms with Crippen LogP contribution in [0.4, 0.5) is 0 Å². The highest BCUT2D eigenvalue weighted by Gasteiger charge is 2.18. The molecule has 0 aliphatic carbocycles. The first kappa shape index (κ1) is 19.0. The molecule has 0 spiro atoms. The third-order valence-electron chi connectivity index (χ3n) is 4.22. The molecule has 1 amide bonds. The Morgan fingerprint density at radius 3 is 2.56 bits per heavy atom. The topological polar surface area (TPSA) is 87.4 Å². The van der Waals surface area contributed by atoms with Crippen LogP contribution in [0.1, 0.15) is 31.3 Å². The Kier molecular flexibility index (Phi) is 6.60. The highest BCUT2D eigenvalue weighted by Crippen LogP contribution is 2.13. The number of nitrogens with zero attached hydrogens (tertiary/aromatic N) is 6. The highest BCUT2D eigenvalue weighted by molar-refractivity contribution is 5.75. The zero-order chi connectivity index (χ0) is 18.4. The van der Waals surface area contributed by atoms with E-state index in [-0.39, 0.29) is 19.0 Å². The van der Waals surface area contributed by atoms with Crippen molar-refractivity contribution in [2.45, 2.75) is 39.1 Å². The van der Waals surface area contributed by atoms with E-state index in [4.69, 9.17) is 0 Å². The van der Waals surface area contributed by atoms with Gasteiger partial charge in [-0.2, -0.15) is 0 Å². The van der Waals surface area contributed by atoms with Crippen molar-refractivity contribution in [1.29, 1.82) is 0 Å². The number of rotatable bonds is 8. The van der Waals surface area contributed by atoms with Crippen molar-refractivity contribution in [2.24, 2.45) is 0 Å². The normalized spacial score (nSPS) is 12.6. The van der Waals surface area contributed by atoms with E-state index in [2.05, 4.69) is 34.3 Å². The summed E-state index contributed by atoms with van der Waals surface area (Å²) in [6.07, 6.45) is -0.726. The Morgan fingerprint density at radius 2 is 1.92 bits per heavy atom. The standard InChI is InChI=1S/C17H26N6O2/c1-13(2)21(3)11-16-18-19-20-23(16)12-17(25)22(4)10-15(24)14-8-6-5-7-9-14/h5-9,13,15,24H,10-12H2,1-4H3/t15-/m1/s1. The average molecular weight is 346 g/mol. The molecule has 136 valence electrons. The predicted octanol–water partition coefficient (Wildman–Crippen LogP) is 0.705. The van der Waals surface area contributed by atoms with E-state index in [1.807, 2.05) is 37.4 Å². The van der Waals surface area contributed by atoms with E-state index in [0.29, 0.717) is 18.4 Å². The van der Waals surface area contributed by atoms with Crippen molar-refractivity contribution in [3.8, 4) is 0 Å². The Balaban J connectivity index is 1.94. The van der Waals surface area contributed by atoms with E-state index in [1.54, 1.807) is 7.05 Å². The summed E-state index contributed by atoms with van der Waals surface area (Å²) in [4.78, 5) is 16.0. The molecule has 0 aliphatic rings. The molecule has 0 radical (unpaired) electrons. The lowest BCUT2D eigenvalue weighted by atomic mass is 10.1. The SMILES string of the molecule is CC(C)N(C)Cc1nnnn1CC(=O)N(C)C[C@@H](O)c1ccccc1. The predicted molar refractivity (Wildman–Crippen MR) is 93.5 cm³/mol. The first-order chi connectivity index (χ1) is 11.9. The molecule has 0 saturated heterocycles. The third-order valence-corrected chi connectivity index (χ3v) is 4.22. The molecule has 1 atom stereocenters. The van der Waals surface area contributed by atoms with Crippen LogP contribution >= 0.6 is 0 Å². The number of amides is 1. The zero-order valence-corrected chi connectivity index (χ0v) is 15.2. The van der Waals surface area contributed by atoms with Crippen molar-refractivity contribution in [1.82, 2.24) is 30.0 Å². The van der Waals surface area contributed by atoms with Gasteiger partial charge in [-0.3, -0.25) is 9.69 Å². The van der Waals surface area contributed by atoms with E-state index in [1.165, 1.54) is 9.58 Å². The number of aliphatic hydroxyl groups is 1. The molecule has 1 heterocycles. The minimum absolute atomic E-state index is 0.0479. The largest absolute Gasteiger partial charge is 0.387 e. The lowest BCUT2D eigenvalue weighted by Gasteiger charge is -2.22. The number of hydrogen-bond acceptors (Lipinski definition) is 6. The Bertz CT molecular complexity index is 673. The first-order valence-electron chi connectivity index (χ1n) is 8.30. The fourth-order valence-electron chi connectivity index (χ4n) is 2.26. The number of carbonyl (C=O) groups excluding carboxylic acids is 1. The second-order valence-corrected chi connectivity index (χ2v) is 6.46. The Morgan fingerprint density at radius 1 is 1.24 bits per heavy atom. The molecule has 8 heteroatoms. The molecule has 0 aliphatic heterocycles. The molecule has 8 nitrogen and oxygen atoms in total. The molecular weight excluding hydrogens is 320 g/mol.